The Morgan fingerprint density at radius 1 is 0.474 bits per heavy atom. The van der Waals surface area contributed by atoms with Crippen LogP contribution in [0.25, 0.3) is 21.5 Å². The first-order valence-electron chi connectivity index (χ1n) is 10.3. The minimum absolute atomic E-state index is 0. The molecule has 0 aliphatic rings. The number of halogens is 1. The summed E-state index contributed by atoms with van der Waals surface area (Å²) in [4.78, 5) is 73.4. The first-order valence-corrected chi connectivity index (χ1v) is 10.3. The van der Waals surface area contributed by atoms with Gasteiger partial charge in [-0.05, 0) is 33.7 Å². The lowest BCUT2D eigenvalue weighted by atomic mass is 9.93. The third-order valence-electron chi connectivity index (χ3n) is 5.60. The summed E-state index contributed by atoms with van der Waals surface area (Å²) in [5.41, 5.74) is -3.55. The normalized spacial score (nSPS) is 10.4. The molecule has 0 unspecified atom stereocenters. The van der Waals surface area contributed by atoms with Crippen molar-refractivity contribution in [1.29, 1.82) is 0 Å². The van der Waals surface area contributed by atoms with Gasteiger partial charge in [0.1, 0.15) is 0 Å². The number of carboxylic acid groups (broad SMARTS) is 4. The number of carbonyl (C=O) groups is 6. The molecule has 38 heavy (non-hydrogen) atoms. The van der Waals surface area contributed by atoms with Gasteiger partial charge in [-0.2, -0.15) is 0 Å². The zero-order chi connectivity index (χ0) is 27.0. The van der Waals surface area contributed by atoms with Crippen molar-refractivity contribution in [2.75, 3.05) is 0 Å². The Balaban J connectivity index is 0.00000400. The van der Waals surface area contributed by atoms with Crippen LogP contribution < -0.4 is 0 Å². The van der Waals surface area contributed by atoms with Gasteiger partial charge >= 0.3 is 35.8 Å². The molecule has 0 heterocycles. The highest BCUT2D eigenvalue weighted by atomic mass is 35.5. The Bertz CT molecular complexity index is 1580. The maximum Gasteiger partial charge on any atom is 0.347 e. The number of aromatic carboxylic acids is 4. The van der Waals surface area contributed by atoms with Gasteiger partial charge < -0.3 is 25.2 Å². The minimum atomic E-state index is -1.67. The van der Waals surface area contributed by atoms with Crippen molar-refractivity contribution < 1.29 is 53.9 Å². The number of rotatable bonds is 6. The average Bonchev–Trinajstić information content (AvgIpc) is 2.85. The standard InChI is InChI=1S/C26H14O11.ClH/c27-21(28)15-9-17(23(31)32)19(13-7-3-1-5-11(13)15)25(35)37-26(36)20-14-8-4-2-6-12(14)16(22(29)30)10-18(20)24(33)34;/h1-10H,(H,27,28)(H,29,30)(H,31,32)(H,33,34);1H. The predicted molar refractivity (Wildman–Crippen MR) is 133 cm³/mol. The molecule has 12 heteroatoms. The number of carbonyl (C=O) groups excluding carboxylic acids is 2. The molecule has 0 spiro atoms. The Morgan fingerprint density at radius 2 is 0.763 bits per heavy atom. The van der Waals surface area contributed by atoms with Gasteiger partial charge in [0.15, 0.2) is 0 Å². The predicted octanol–water partition coefficient (Wildman–Crippen LogP) is 4.20. The van der Waals surface area contributed by atoms with E-state index in [9.17, 15) is 49.2 Å². The highest BCUT2D eigenvalue weighted by Gasteiger charge is 2.30. The molecule has 0 fully saturated rings. The summed E-state index contributed by atoms with van der Waals surface area (Å²) in [5, 5.41) is 38.1. The molecule has 0 bridgehead atoms. The van der Waals surface area contributed by atoms with E-state index >= 15 is 0 Å². The molecule has 0 saturated carbocycles. The van der Waals surface area contributed by atoms with Crippen molar-refractivity contribution in [3.63, 3.8) is 0 Å². The van der Waals surface area contributed by atoms with Crippen LogP contribution in [0.15, 0.2) is 60.7 Å². The molecule has 0 saturated heterocycles. The van der Waals surface area contributed by atoms with E-state index in [1.54, 1.807) is 0 Å². The molecular formula is C26H15ClO11. The van der Waals surface area contributed by atoms with E-state index < -0.39 is 69.2 Å². The first kappa shape index (κ1) is 27.3. The molecule has 192 valence electrons. The van der Waals surface area contributed by atoms with Crippen LogP contribution in [0.2, 0.25) is 0 Å². The fraction of sp³-hybridized carbons (Fsp3) is 0. The number of ether oxygens (including phenoxy) is 1. The number of benzene rings is 4. The van der Waals surface area contributed by atoms with Crippen molar-refractivity contribution in [3.05, 3.63) is 94.0 Å². The Hall–Kier alpha value is -5.29. The summed E-state index contributed by atoms with van der Waals surface area (Å²) < 4.78 is 4.92. The lowest BCUT2D eigenvalue weighted by Crippen LogP contribution is -2.20. The van der Waals surface area contributed by atoms with Gasteiger partial charge in [0, 0.05) is 0 Å². The second-order valence-electron chi connectivity index (χ2n) is 7.68. The summed E-state index contributed by atoms with van der Waals surface area (Å²) >= 11 is 0. The van der Waals surface area contributed by atoms with Crippen LogP contribution in [0.4, 0.5) is 0 Å². The van der Waals surface area contributed by atoms with Crippen molar-refractivity contribution in [1.82, 2.24) is 0 Å². The molecule has 0 aromatic heterocycles. The zero-order valence-electron chi connectivity index (χ0n) is 18.8. The lowest BCUT2D eigenvalue weighted by Gasteiger charge is -2.14. The second kappa shape index (κ2) is 10.4. The molecule has 4 aromatic carbocycles. The summed E-state index contributed by atoms with van der Waals surface area (Å²) in [7, 11) is 0. The fourth-order valence-electron chi connectivity index (χ4n) is 4.07. The Labute approximate surface area is 217 Å². The van der Waals surface area contributed by atoms with E-state index in [0.29, 0.717) is 0 Å². The lowest BCUT2D eigenvalue weighted by molar-refractivity contribution is 0.0388. The first-order chi connectivity index (χ1) is 17.5. The average molecular weight is 539 g/mol. The zero-order valence-corrected chi connectivity index (χ0v) is 19.6. The van der Waals surface area contributed by atoms with Crippen molar-refractivity contribution in [3.8, 4) is 0 Å². The largest absolute Gasteiger partial charge is 0.478 e. The summed E-state index contributed by atoms with van der Waals surface area (Å²) in [6.45, 7) is 0. The van der Waals surface area contributed by atoms with Crippen LogP contribution >= 0.6 is 12.4 Å². The van der Waals surface area contributed by atoms with Crippen LogP contribution in [0.5, 0.6) is 0 Å². The van der Waals surface area contributed by atoms with Crippen LogP contribution in [0.3, 0.4) is 0 Å². The molecule has 0 aliphatic heterocycles. The summed E-state index contributed by atoms with van der Waals surface area (Å²) in [6, 6.07) is 12.5. The highest BCUT2D eigenvalue weighted by Crippen LogP contribution is 2.30. The van der Waals surface area contributed by atoms with Crippen molar-refractivity contribution in [2.24, 2.45) is 0 Å². The molecule has 11 nitrogen and oxygen atoms in total. The molecule has 0 amide bonds. The second-order valence-corrected chi connectivity index (χ2v) is 7.68. The van der Waals surface area contributed by atoms with Gasteiger partial charge in [0.25, 0.3) is 0 Å². The Kier molecular flexibility index (Phi) is 7.45. The van der Waals surface area contributed by atoms with Crippen LogP contribution in [-0.4, -0.2) is 56.2 Å². The van der Waals surface area contributed by atoms with Crippen LogP contribution in [-0.2, 0) is 4.74 Å². The van der Waals surface area contributed by atoms with Gasteiger partial charge in [-0.3, -0.25) is 0 Å². The van der Waals surface area contributed by atoms with E-state index in [-0.39, 0.29) is 34.0 Å². The maximum atomic E-state index is 13.1. The molecule has 4 aromatic rings. The number of hydrogen-bond donors (Lipinski definition) is 4. The van der Waals surface area contributed by atoms with E-state index in [4.69, 9.17) is 4.74 Å². The molecule has 0 atom stereocenters. The SMILES string of the molecule is Cl.O=C(O)c1cc(C(=O)O)c2ccccc2c1C(=O)OC(=O)c1c(C(=O)O)cc(C(=O)O)c2ccccc12. The van der Waals surface area contributed by atoms with E-state index in [2.05, 4.69) is 0 Å². The van der Waals surface area contributed by atoms with E-state index in [1.165, 1.54) is 48.5 Å². The van der Waals surface area contributed by atoms with Gasteiger partial charge in [0.2, 0.25) is 0 Å². The van der Waals surface area contributed by atoms with Gasteiger partial charge in [0.05, 0.1) is 33.4 Å². The van der Waals surface area contributed by atoms with E-state index in [1.807, 2.05) is 0 Å². The minimum Gasteiger partial charge on any atom is -0.478 e. The number of esters is 2. The summed E-state index contributed by atoms with van der Waals surface area (Å²) in [5.74, 6) is -9.20. The number of carboxylic acids is 4. The molecule has 0 radical (unpaired) electrons. The third-order valence-corrected chi connectivity index (χ3v) is 5.60. The van der Waals surface area contributed by atoms with Crippen molar-refractivity contribution >= 4 is 69.8 Å². The maximum absolute atomic E-state index is 13.1. The van der Waals surface area contributed by atoms with Gasteiger partial charge in [-0.25, -0.2) is 28.8 Å². The quantitative estimate of drug-likeness (QED) is 0.203. The van der Waals surface area contributed by atoms with E-state index in [0.717, 1.165) is 12.1 Å². The Morgan fingerprint density at radius 3 is 1.05 bits per heavy atom. The third kappa shape index (κ3) is 4.61. The number of hydrogen-bond acceptors (Lipinski definition) is 7. The van der Waals surface area contributed by atoms with Crippen LogP contribution in [0, 0.1) is 0 Å². The van der Waals surface area contributed by atoms with Gasteiger partial charge in [-0.1, -0.05) is 48.5 Å². The fourth-order valence-corrected chi connectivity index (χ4v) is 4.07. The molecule has 4 rings (SSSR count). The van der Waals surface area contributed by atoms with Gasteiger partial charge in [-0.15, -0.1) is 12.4 Å². The molecular weight excluding hydrogens is 524 g/mol. The smallest absolute Gasteiger partial charge is 0.347 e. The highest BCUT2D eigenvalue weighted by molar-refractivity contribution is 6.22. The molecule has 4 N–H and O–H groups in total. The monoisotopic (exact) mass is 538 g/mol. The van der Waals surface area contributed by atoms with Crippen LogP contribution in [0.1, 0.15) is 62.1 Å². The number of fused-ring (bicyclic) bond motifs is 2. The van der Waals surface area contributed by atoms with Crippen molar-refractivity contribution in [2.45, 2.75) is 0 Å². The summed E-state index contributed by atoms with van der Waals surface area (Å²) in [6.07, 6.45) is 0. The topological polar surface area (TPSA) is 193 Å². The molecule has 0 aliphatic carbocycles.